The number of hydrogen-bond acceptors (Lipinski definition) is 5. The summed E-state index contributed by atoms with van der Waals surface area (Å²) in [5.41, 5.74) is 3.93. The molecule has 1 saturated heterocycles. The summed E-state index contributed by atoms with van der Waals surface area (Å²) < 4.78 is 0. The lowest BCUT2D eigenvalue weighted by molar-refractivity contribution is -0.384. The Morgan fingerprint density at radius 3 is 2.32 bits per heavy atom. The molecule has 0 atom stereocenters. The quantitative estimate of drug-likeness (QED) is 0.460. The number of nitro benzene ring substituents is 1. The van der Waals surface area contributed by atoms with E-state index in [1.165, 1.54) is 12.1 Å². The summed E-state index contributed by atoms with van der Waals surface area (Å²) in [5.74, 6) is -0.342. The van der Waals surface area contributed by atoms with Crippen LogP contribution in [0.4, 0.5) is 17.1 Å². The maximum atomic E-state index is 13.1. The van der Waals surface area contributed by atoms with Crippen molar-refractivity contribution in [2.45, 2.75) is 25.7 Å². The first kappa shape index (κ1) is 20.5. The summed E-state index contributed by atoms with van der Waals surface area (Å²) in [7, 11) is 0. The van der Waals surface area contributed by atoms with E-state index >= 15 is 0 Å². The summed E-state index contributed by atoms with van der Waals surface area (Å²) in [6, 6.07) is 16.1. The van der Waals surface area contributed by atoms with Crippen LogP contribution in [0.1, 0.15) is 40.7 Å². The Morgan fingerprint density at radius 2 is 1.65 bits per heavy atom. The lowest BCUT2D eigenvalue weighted by Crippen LogP contribution is -2.31. The SMILES string of the molecule is O=C(Nc1ccc(Cc2ccncc2)cc1)c1cc([N+](=O)[O-])ccc1N1CCCCC1. The van der Waals surface area contributed by atoms with Crippen LogP contribution in [0.2, 0.25) is 0 Å². The van der Waals surface area contributed by atoms with Crippen molar-refractivity contribution in [1.82, 2.24) is 4.98 Å². The number of aromatic nitrogens is 1. The van der Waals surface area contributed by atoms with Gasteiger partial charge in [0.05, 0.1) is 16.2 Å². The van der Waals surface area contributed by atoms with Crippen molar-refractivity contribution in [2.75, 3.05) is 23.3 Å². The van der Waals surface area contributed by atoms with Gasteiger partial charge in [0.25, 0.3) is 11.6 Å². The van der Waals surface area contributed by atoms with Gasteiger partial charge in [0.2, 0.25) is 0 Å². The number of benzene rings is 2. The standard InChI is InChI=1S/C24H24N4O3/c29-24(26-20-6-4-18(5-7-20)16-19-10-12-25-13-11-19)22-17-21(28(30)31)8-9-23(22)27-14-2-1-3-15-27/h4-13,17H,1-3,14-16H2,(H,26,29). The first-order valence-electron chi connectivity index (χ1n) is 10.4. The van der Waals surface area contributed by atoms with Gasteiger partial charge in [0.1, 0.15) is 0 Å². The van der Waals surface area contributed by atoms with Crippen LogP contribution in [0.15, 0.2) is 67.0 Å². The highest BCUT2D eigenvalue weighted by Gasteiger charge is 2.22. The van der Waals surface area contributed by atoms with E-state index in [4.69, 9.17) is 0 Å². The molecule has 3 aromatic rings. The molecule has 1 fully saturated rings. The van der Waals surface area contributed by atoms with Gasteiger partial charge >= 0.3 is 0 Å². The molecule has 31 heavy (non-hydrogen) atoms. The zero-order valence-corrected chi connectivity index (χ0v) is 17.2. The third-order valence-corrected chi connectivity index (χ3v) is 5.50. The molecule has 1 amide bonds. The summed E-state index contributed by atoms with van der Waals surface area (Å²) in [5, 5.41) is 14.2. The molecule has 0 bridgehead atoms. The van der Waals surface area contributed by atoms with E-state index in [0.717, 1.165) is 55.6 Å². The molecule has 7 heteroatoms. The number of hydrogen-bond donors (Lipinski definition) is 1. The second-order valence-electron chi connectivity index (χ2n) is 7.69. The third-order valence-electron chi connectivity index (χ3n) is 5.50. The molecular formula is C24H24N4O3. The van der Waals surface area contributed by atoms with Crippen molar-refractivity contribution in [3.8, 4) is 0 Å². The van der Waals surface area contributed by atoms with Crippen LogP contribution in [0.25, 0.3) is 0 Å². The largest absolute Gasteiger partial charge is 0.371 e. The number of anilines is 2. The van der Waals surface area contributed by atoms with E-state index in [-0.39, 0.29) is 11.6 Å². The van der Waals surface area contributed by atoms with Gasteiger partial charge in [-0.05, 0) is 67.1 Å². The first-order chi connectivity index (χ1) is 15.1. The minimum Gasteiger partial charge on any atom is -0.371 e. The predicted octanol–water partition coefficient (Wildman–Crippen LogP) is 4.82. The molecule has 1 aromatic heterocycles. The van der Waals surface area contributed by atoms with E-state index in [9.17, 15) is 14.9 Å². The molecule has 0 unspecified atom stereocenters. The first-order valence-corrected chi connectivity index (χ1v) is 10.4. The zero-order valence-electron chi connectivity index (χ0n) is 17.2. The number of piperidine rings is 1. The van der Waals surface area contributed by atoms with Gasteiger partial charge in [-0.1, -0.05) is 12.1 Å². The van der Waals surface area contributed by atoms with Crippen molar-refractivity contribution < 1.29 is 9.72 Å². The number of nitrogens with one attached hydrogen (secondary N) is 1. The summed E-state index contributed by atoms with van der Waals surface area (Å²) in [6.45, 7) is 1.70. The topological polar surface area (TPSA) is 88.4 Å². The Morgan fingerprint density at radius 1 is 0.968 bits per heavy atom. The average molecular weight is 416 g/mol. The van der Waals surface area contributed by atoms with Gasteiger partial charge < -0.3 is 10.2 Å². The Balaban J connectivity index is 1.53. The highest BCUT2D eigenvalue weighted by Crippen LogP contribution is 2.29. The normalized spacial score (nSPS) is 13.6. The maximum absolute atomic E-state index is 13.1. The van der Waals surface area contributed by atoms with Crippen LogP contribution in [-0.4, -0.2) is 28.9 Å². The van der Waals surface area contributed by atoms with Crippen molar-refractivity contribution in [1.29, 1.82) is 0 Å². The van der Waals surface area contributed by atoms with Gasteiger partial charge in [-0.3, -0.25) is 19.9 Å². The van der Waals surface area contributed by atoms with Gasteiger partial charge in [0, 0.05) is 43.3 Å². The van der Waals surface area contributed by atoms with Crippen LogP contribution in [0, 0.1) is 10.1 Å². The lowest BCUT2D eigenvalue weighted by Gasteiger charge is -2.30. The minimum absolute atomic E-state index is 0.0846. The number of nitrogens with zero attached hydrogens (tertiary/aromatic N) is 3. The molecule has 0 radical (unpaired) electrons. The lowest BCUT2D eigenvalue weighted by atomic mass is 10.0. The van der Waals surface area contributed by atoms with Gasteiger partial charge in [-0.25, -0.2) is 0 Å². The van der Waals surface area contributed by atoms with E-state index in [0.29, 0.717) is 11.3 Å². The number of non-ortho nitro benzene ring substituents is 1. The van der Waals surface area contributed by atoms with E-state index in [1.54, 1.807) is 18.5 Å². The van der Waals surface area contributed by atoms with Crippen LogP contribution in [0.3, 0.4) is 0 Å². The Kier molecular flexibility index (Phi) is 6.21. The molecular weight excluding hydrogens is 392 g/mol. The van der Waals surface area contributed by atoms with Crippen LogP contribution >= 0.6 is 0 Å². The average Bonchev–Trinajstić information content (AvgIpc) is 2.81. The third kappa shape index (κ3) is 5.06. The van der Waals surface area contributed by atoms with Crippen molar-refractivity contribution in [3.63, 3.8) is 0 Å². The molecule has 1 aliphatic rings. The number of nitro groups is 1. The predicted molar refractivity (Wildman–Crippen MR) is 121 cm³/mol. The molecule has 0 saturated carbocycles. The van der Waals surface area contributed by atoms with Crippen molar-refractivity contribution in [2.24, 2.45) is 0 Å². The van der Waals surface area contributed by atoms with Crippen LogP contribution < -0.4 is 10.2 Å². The highest BCUT2D eigenvalue weighted by molar-refractivity contribution is 6.08. The summed E-state index contributed by atoms with van der Waals surface area (Å²) in [4.78, 5) is 30.0. The molecule has 7 nitrogen and oxygen atoms in total. The molecule has 4 rings (SSSR count). The van der Waals surface area contributed by atoms with Gasteiger partial charge in [-0.15, -0.1) is 0 Å². The second kappa shape index (κ2) is 9.38. The number of carbonyl (C=O) groups excluding carboxylic acids is 1. The molecule has 0 aliphatic carbocycles. The molecule has 2 heterocycles. The fourth-order valence-corrected chi connectivity index (χ4v) is 3.87. The maximum Gasteiger partial charge on any atom is 0.270 e. The van der Waals surface area contributed by atoms with Crippen LogP contribution in [-0.2, 0) is 6.42 Å². The van der Waals surface area contributed by atoms with E-state index in [1.807, 2.05) is 36.4 Å². The zero-order chi connectivity index (χ0) is 21.6. The Bertz CT molecular complexity index is 1060. The summed E-state index contributed by atoms with van der Waals surface area (Å²) >= 11 is 0. The molecule has 1 aliphatic heterocycles. The molecule has 1 N–H and O–H groups in total. The fourth-order valence-electron chi connectivity index (χ4n) is 3.87. The van der Waals surface area contributed by atoms with Crippen molar-refractivity contribution >= 4 is 23.0 Å². The fraction of sp³-hybridized carbons (Fsp3) is 0.250. The Hall–Kier alpha value is -3.74. The second-order valence-corrected chi connectivity index (χ2v) is 7.69. The summed E-state index contributed by atoms with van der Waals surface area (Å²) in [6.07, 6.45) is 7.58. The molecule has 0 spiro atoms. The van der Waals surface area contributed by atoms with Crippen molar-refractivity contribution in [3.05, 3.63) is 93.8 Å². The number of rotatable bonds is 6. The van der Waals surface area contributed by atoms with E-state index in [2.05, 4.69) is 15.2 Å². The van der Waals surface area contributed by atoms with Gasteiger partial charge in [-0.2, -0.15) is 0 Å². The van der Waals surface area contributed by atoms with Crippen LogP contribution in [0.5, 0.6) is 0 Å². The van der Waals surface area contributed by atoms with E-state index < -0.39 is 4.92 Å². The monoisotopic (exact) mass is 416 g/mol. The molecule has 2 aromatic carbocycles. The number of pyridine rings is 1. The minimum atomic E-state index is -0.468. The Labute approximate surface area is 180 Å². The smallest absolute Gasteiger partial charge is 0.270 e. The number of amides is 1. The molecule has 158 valence electrons. The highest BCUT2D eigenvalue weighted by atomic mass is 16.6. The van der Waals surface area contributed by atoms with Gasteiger partial charge in [0.15, 0.2) is 0 Å². The number of carbonyl (C=O) groups is 1.